The lowest BCUT2D eigenvalue weighted by Gasteiger charge is -2.00. The van der Waals surface area contributed by atoms with Gasteiger partial charge in [-0.2, -0.15) is 0 Å². The summed E-state index contributed by atoms with van der Waals surface area (Å²) in [6, 6.07) is 5.55. The summed E-state index contributed by atoms with van der Waals surface area (Å²) in [5.41, 5.74) is 1.82. The molecule has 0 heterocycles. The third-order valence-electron chi connectivity index (χ3n) is 1.29. The number of nitrogens with one attached hydrogen (secondary N) is 1. The maximum atomic E-state index is 12.5. The molecule has 0 atom stereocenters. The maximum Gasteiger partial charge on any atom is 0.123 e. The van der Waals surface area contributed by atoms with E-state index in [4.69, 9.17) is 0 Å². The van der Waals surface area contributed by atoms with Crippen molar-refractivity contribution in [3.05, 3.63) is 42.2 Å². The van der Waals surface area contributed by atoms with Gasteiger partial charge in [0.1, 0.15) is 5.82 Å². The van der Waals surface area contributed by atoms with Gasteiger partial charge in [0.25, 0.3) is 0 Å². The fraction of sp³-hybridized carbons (Fsp3) is 0. The zero-order valence-corrected chi connectivity index (χ0v) is 5.77. The molecule has 0 saturated heterocycles. The molecular formula is C8H7F2N. The molecule has 0 saturated carbocycles. The molecule has 0 aliphatic heterocycles. The number of hydrogen-bond acceptors (Lipinski definition) is 1. The number of hydrogen-bond donors (Lipinski definition) is 1. The number of halogens is 2. The van der Waals surface area contributed by atoms with Gasteiger partial charge in [-0.25, -0.2) is 9.93 Å². The summed E-state index contributed by atoms with van der Waals surface area (Å²) in [4.78, 5) is 0. The maximum absolute atomic E-state index is 12.5. The van der Waals surface area contributed by atoms with E-state index in [1.165, 1.54) is 23.7 Å². The Kier molecular flexibility index (Phi) is 2.21. The largest absolute Gasteiger partial charge is 0.225 e. The second kappa shape index (κ2) is 3.14. The third-order valence-corrected chi connectivity index (χ3v) is 1.29. The van der Waals surface area contributed by atoms with Crippen LogP contribution in [0.1, 0.15) is 5.56 Å². The van der Waals surface area contributed by atoms with E-state index < -0.39 is 5.82 Å². The summed E-state index contributed by atoms with van der Waals surface area (Å²) in [5.74, 6) is -0.404. The van der Waals surface area contributed by atoms with E-state index in [0.717, 1.165) is 0 Å². The zero-order chi connectivity index (χ0) is 8.27. The van der Waals surface area contributed by atoms with Gasteiger partial charge in [-0.1, -0.05) is 18.7 Å². The van der Waals surface area contributed by atoms with Crippen molar-refractivity contribution in [1.29, 1.82) is 0 Å². The van der Waals surface area contributed by atoms with Crippen molar-refractivity contribution in [2.24, 2.45) is 0 Å². The Morgan fingerprint density at radius 3 is 2.73 bits per heavy atom. The molecule has 1 aromatic rings. The van der Waals surface area contributed by atoms with Gasteiger partial charge in [-0.3, -0.25) is 0 Å². The first-order valence-electron chi connectivity index (χ1n) is 3.05. The van der Waals surface area contributed by atoms with Gasteiger partial charge in [-0.05, 0) is 12.1 Å². The molecule has 0 spiro atoms. The average Bonchev–Trinajstić information content (AvgIpc) is 2.03. The van der Waals surface area contributed by atoms with Crippen LogP contribution in [-0.2, 0) is 0 Å². The Labute approximate surface area is 63.3 Å². The second-order valence-corrected chi connectivity index (χ2v) is 2.08. The number of benzene rings is 1. The van der Waals surface area contributed by atoms with E-state index in [0.29, 0.717) is 5.56 Å². The lowest BCUT2D eigenvalue weighted by molar-refractivity contribution is 0.420. The standard InChI is InChI=1S/C8H7F2N/c1-6(11-10)7-3-2-4-8(9)5-7/h2-5,11H,1H2. The molecule has 0 bridgehead atoms. The van der Waals surface area contributed by atoms with Crippen molar-refractivity contribution < 1.29 is 8.87 Å². The van der Waals surface area contributed by atoms with Crippen molar-refractivity contribution >= 4 is 5.70 Å². The molecule has 1 nitrogen and oxygen atoms in total. The molecule has 0 aromatic heterocycles. The van der Waals surface area contributed by atoms with E-state index in [9.17, 15) is 8.87 Å². The molecule has 0 aliphatic rings. The molecule has 1 rings (SSSR count). The molecule has 1 aromatic carbocycles. The quantitative estimate of drug-likeness (QED) is 0.646. The first-order chi connectivity index (χ1) is 5.24. The van der Waals surface area contributed by atoms with Crippen LogP contribution in [-0.4, -0.2) is 0 Å². The van der Waals surface area contributed by atoms with Crippen LogP contribution in [0.3, 0.4) is 0 Å². The van der Waals surface area contributed by atoms with E-state index in [-0.39, 0.29) is 5.70 Å². The van der Waals surface area contributed by atoms with Crippen LogP contribution in [0.4, 0.5) is 8.87 Å². The molecule has 1 N–H and O–H groups in total. The minimum Gasteiger partial charge on any atom is -0.225 e. The smallest absolute Gasteiger partial charge is 0.123 e. The second-order valence-electron chi connectivity index (χ2n) is 2.08. The Bertz CT molecular complexity index is 271. The highest BCUT2D eigenvalue weighted by Gasteiger charge is 1.97. The van der Waals surface area contributed by atoms with E-state index in [2.05, 4.69) is 6.58 Å². The molecule has 58 valence electrons. The van der Waals surface area contributed by atoms with Crippen molar-refractivity contribution in [3.8, 4) is 0 Å². The Morgan fingerprint density at radius 2 is 2.18 bits per heavy atom. The summed E-state index contributed by atoms with van der Waals surface area (Å²) in [7, 11) is 0. The van der Waals surface area contributed by atoms with E-state index >= 15 is 0 Å². The van der Waals surface area contributed by atoms with Gasteiger partial charge in [0.15, 0.2) is 0 Å². The fourth-order valence-electron chi connectivity index (χ4n) is 0.731. The zero-order valence-electron chi connectivity index (χ0n) is 5.77. The van der Waals surface area contributed by atoms with Gasteiger partial charge in [0.05, 0.1) is 5.70 Å². The summed E-state index contributed by atoms with van der Waals surface area (Å²) in [6.07, 6.45) is 0. The summed E-state index contributed by atoms with van der Waals surface area (Å²) < 4.78 is 24.2. The summed E-state index contributed by atoms with van der Waals surface area (Å²) in [5, 5.41) is 0. The normalized spacial score (nSPS) is 9.27. The third kappa shape index (κ3) is 1.77. The fourth-order valence-corrected chi connectivity index (χ4v) is 0.731. The van der Waals surface area contributed by atoms with Crippen LogP contribution in [0.25, 0.3) is 5.70 Å². The molecule has 0 amide bonds. The lowest BCUT2D eigenvalue weighted by Crippen LogP contribution is -1.97. The van der Waals surface area contributed by atoms with Gasteiger partial charge < -0.3 is 0 Å². The summed E-state index contributed by atoms with van der Waals surface area (Å²) >= 11 is 0. The predicted molar refractivity (Wildman–Crippen MR) is 39.7 cm³/mol. The predicted octanol–water partition coefficient (Wildman–Crippen LogP) is 2.27. The van der Waals surface area contributed by atoms with Crippen molar-refractivity contribution in [2.75, 3.05) is 0 Å². The minimum atomic E-state index is -0.404. The molecule has 3 heteroatoms. The van der Waals surface area contributed by atoms with Gasteiger partial charge >= 0.3 is 0 Å². The SMILES string of the molecule is C=C(NF)c1cccc(F)c1. The van der Waals surface area contributed by atoms with Crippen LogP contribution in [0.5, 0.6) is 0 Å². The first-order valence-corrected chi connectivity index (χ1v) is 3.05. The molecule has 0 radical (unpaired) electrons. The Morgan fingerprint density at radius 1 is 1.45 bits per heavy atom. The van der Waals surface area contributed by atoms with Crippen molar-refractivity contribution in [3.63, 3.8) is 0 Å². The molecular weight excluding hydrogens is 148 g/mol. The van der Waals surface area contributed by atoms with Crippen molar-refractivity contribution in [1.82, 2.24) is 5.54 Å². The molecule has 0 unspecified atom stereocenters. The minimum absolute atomic E-state index is 0.0597. The molecule has 0 fully saturated rings. The van der Waals surface area contributed by atoms with Gasteiger partial charge in [-0.15, -0.1) is 4.48 Å². The first kappa shape index (κ1) is 7.72. The molecule has 11 heavy (non-hydrogen) atoms. The topological polar surface area (TPSA) is 12.0 Å². The number of rotatable bonds is 2. The Hall–Kier alpha value is -1.38. The van der Waals surface area contributed by atoms with Crippen LogP contribution in [0, 0.1) is 5.82 Å². The van der Waals surface area contributed by atoms with E-state index in [1.807, 2.05) is 0 Å². The Balaban J connectivity index is 2.96. The molecule has 0 aliphatic carbocycles. The van der Waals surface area contributed by atoms with Crippen molar-refractivity contribution in [2.45, 2.75) is 0 Å². The lowest BCUT2D eigenvalue weighted by atomic mass is 10.2. The summed E-state index contributed by atoms with van der Waals surface area (Å²) in [6.45, 7) is 3.33. The van der Waals surface area contributed by atoms with Crippen LogP contribution >= 0.6 is 0 Å². The van der Waals surface area contributed by atoms with Crippen LogP contribution in [0.2, 0.25) is 0 Å². The van der Waals surface area contributed by atoms with E-state index in [1.54, 1.807) is 6.07 Å². The highest BCUT2D eigenvalue weighted by molar-refractivity contribution is 5.60. The monoisotopic (exact) mass is 155 g/mol. The van der Waals surface area contributed by atoms with Crippen LogP contribution < -0.4 is 5.54 Å². The van der Waals surface area contributed by atoms with Gasteiger partial charge in [0.2, 0.25) is 0 Å². The highest BCUT2D eigenvalue weighted by atomic mass is 19.2. The van der Waals surface area contributed by atoms with Crippen LogP contribution in [0.15, 0.2) is 30.8 Å². The highest BCUT2D eigenvalue weighted by Crippen LogP contribution is 2.10. The van der Waals surface area contributed by atoms with Gasteiger partial charge in [0, 0.05) is 5.56 Å². The average molecular weight is 155 g/mol.